The molecule has 2 aromatic rings. The normalized spacial score (nSPS) is 18.7. The van der Waals surface area contributed by atoms with Gasteiger partial charge in [0, 0.05) is 31.2 Å². The van der Waals surface area contributed by atoms with Gasteiger partial charge in [0.2, 0.25) is 0 Å². The third-order valence-electron chi connectivity index (χ3n) is 4.04. The minimum Gasteiger partial charge on any atom is -0.383 e. The summed E-state index contributed by atoms with van der Waals surface area (Å²) in [5.41, 5.74) is 0.312. The van der Waals surface area contributed by atoms with E-state index in [0.29, 0.717) is 25.3 Å². The number of hydroxylamine groups is 2. The average molecular weight is 421 g/mol. The van der Waals surface area contributed by atoms with E-state index in [1.165, 1.54) is 11.3 Å². The van der Waals surface area contributed by atoms with E-state index in [4.69, 9.17) is 11.6 Å². The highest BCUT2D eigenvalue weighted by Gasteiger charge is 2.23. The molecule has 11 heteroatoms. The fraction of sp³-hybridized carbons (Fsp3) is 0.400. The van der Waals surface area contributed by atoms with Crippen LogP contribution in [0.3, 0.4) is 0 Å². The van der Waals surface area contributed by atoms with E-state index in [1.54, 1.807) is 5.38 Å². The fourth-order valence-corrected chi connectivity index (χ4v) is 4.95. The Morgan fingerprint density at radius 1 is 1.46 bits per heavy atom. The van der Waals surface area contributed by atoms with Gasteiger partial charge in [-0.1, -0.05) is 11.6 Å². The van der Waals surface area contributed by atoms with Gasteiger partial charge >= 0.3 is 0 Å². The van der Waals surface area contributed by atoms with Crippen LogP contribution in [0.4, 0.5) is 15.2 Å². The third-order valence-corrected chi connectivity index (χ3v) is 6.53. The molecule has 0 saturated carbocycles. The second-order valence-electron chi connectivity index (χ2n) is 6.01. The lowest BCUT2D eigenvalue weighted by Gasteiger charge is -2.28. The molecule has 142 valence electrons. The molecule has 0 radical (unpaired) electrons. The van der Waals surface area contributed by atoms with Gasteiger partial charge in [0.25, 0.3) is 10.0 Å². The number of hydrogen-bond acceptors (Lipinski definition) is 7. The molecule has 3 rings (SSSR count). The van der Waals surface area contributed by atoms with Crippen LogP contribution in [0.1, 0.15) is 12.8 Å². The van der Waals surface area contributed by atoms with Gasteiger partial charge in [-0.05, 0) is 30.9 Å². The maximum atomic E-state index is 14.4. The van der Waals surface area contributed by atoms with Gasteiger partial charge in [0.15, 0.2) is 5.13 Å². The van der Waals surface area contributed by atoms with Crippen LogP contribution in [0.15, 0.2) is 28.6 Å². The first-order chi connectivity index (χ1) is 12.3. The van der Waals surface area contributed by atoms with Crippen molar-refractivity contribution in [2.75, 3.05) is 29.7 Å². The molecular formula is C15H18ClFN4O3S2. The first-order valence-electron chi connectivity index (χ1n) is 7.94. The lowest BCUT2D eigenvalue weighted by molar-refractivity contribution is -0.116. The number of sulfonamides is 1. The van der Waals surface area contributed by atoms with Crippen LogP contribution in [-0.4, -0.2) is 43.3 Å². The summed E-state index contributed by atoms with van der Waals surface area (Å²) >= 11 is 7.23. The van der Waals surface area contributed by atoms with Crippen molar-refractivity contribution < 1.29 is 18.0 Å². The summed E-state index contributed by atoms with van der Waals surface area (Å²) in [6, 6.07) is 2.15. The molecule has 0 bridgehead atoms. The molecule has 1 saturated heterocycles. The Labute approximate surface area is 159 Å². The van der Waals surface area contributed by atoms with Crippen molar-refractivity contribution in [2.45, 2.75) is 17.7 Å². The minimum absolute atomic E-state index is 0.0996. The first kappa shape index (κ1) is 19.3. The van der Waals surface area contributed by atoms with Gasteiger partial charge in [0.05, 0.1) is 10.7 Å². The summed E-state index contributed by atoms with van der Waals surface area (Å²) in [7, 11) is -4.12. The molecule has 0 unspecified atom stereocenters. The summed E-state index contributed by atoms with van der Waals surface area (Å²) in [6.45, 7) is 1.67. The number of rotatable bonds is 6. The van der Waals surface area contributed by atoms with Crippen molar-refractivity contribution in [3.05, 3.63) is 34.5 Å². The molecule has 26 heavy (non-hydrogen) atoms. The second kappa shape index (κ2) is 8.05. The molecular weight excluding hydrogens is 403 g/mol. The third kappa shape index (κ3) is 4.63. The Morgan fingerprint density at radius 2 is 2.27 bits per heavy atom. The number of thiazole rings is 1. The SMILES string of the molecule is O=S(=O)(Nc1nccs1)c1cc(Cl)c(NC[C@H]2CCCN(O)C2)cc1F. The van der Waals surface area contributed by atoms with Crippen LogP contribution in [0.2, 0.25) is 5.02 Å². The number of nitrogens with one attached hydrogen (secondary N) is 2. The average Bonchev–Trinajstić information content (AvgIpc) is 3.07. The highest BCUT2D eigenvalue weighted by molar-refractivity contribution is 7.93. The van der Waals surface area contributed by atoms with E-state index in [2.05, 4.69) is 15.0 Å². The Morgan fingerprint density at radius 3 is 2.96 bits per heavy atom. The van der Waals surface area contributed by atoms with Gasteiger partial charge < -0.3 is 10.5 Å². The molecule has 3 N–H and O–H groups in total. The van der Waals surface area contributed by atoms with Crippen molar-refractivity contribution in [3.63, 3.8) is 0 Å². The van der Waals surface area contributed by atoms with Crippen LogP contribution in [0.25, 0.3) is 0 Å². The zero-order valence-corrected chi connectivity index (χ0v) is 16.0. The second-order valence-corrected chi connectivity index (χ2v) is 8.96. The molecule has 1 aromatic carbocycles. The number of hydrogen-bond donors (Lipinski definition) is 3. The lowest BCUT2D eigenvalue weighted by atomic mass is 9.99. The predicted molar refractivity (Wildman–Crippen MR) is 98.9 cm³/mol. The molecule has 1 fully saturated rings. The van der Waals surface area contributed by atoms with Crippen LogP contribution < -0.4 is 10.0 Å². The Bertz CT molecular complexity index is 864. The predicted octanol–water partition coefficient (Wildman–Crippen LogP) is 3.25. The van der Waals surface area contributed by atoms with Crippen molar-refractivity contribution >= 4 is 43.8 Å². The Hall–Kier alpha value is -1.46. The van der Waals surface area contributed by atoms with Gasteiger partial charge in [-0.15, -0.1) is 11.3 Å². The summed E-state index contributed by atoms with van der Waals surface area (Å²) in [5, 5.41) is 15.7. The maximum absolute atomic E-state index is 14.4. The topological polar surface area (TPSA) is 94.6 Å². The molecule has 1 aromatic heterocycles. The molecule has 0 spiro atoms. The Kier molecular flexibility index (Phi) is 5.98. The largest absolute Gasteiger partial charge is 0.383 e. The van der Waals surface area contributed by atoms with Crippen LogP contribution in [0, 0.1) is 11.7 Å². The van der Waals surface area contributed by atoms with Crippen molar-refractivity contribution in [1.29, 1.82) is 0 Å². The summed E-state index contributed by atoms with van der Waals surface area (Å²) in [4.78, 5) is 3.28. The first-order valence-corrected chi connectivity index (χ1v) is 10.7. The van der Waals surface area contributed by atoms with Crippen LogP contribution in [0.5, 0.6) is 0 Å². The molecule has 0 amide bonds. The monoisotopic (exact) mass is 420 g/mol. The number of aromatic nitrogens is 1. The molecule has 1 aliphatic heterocycles. The number of anilines is 2. The lowest BCUT2D eigenvalue weighted by Crippen LogP contribution is -2.35. The van der Waals surface area contributed by atoms with E-state index >= 15 is 0 Å². The summed E-state index contributed by atoms with van der Waals surface area (Å²) < 4.78 is 41.3. The van der Waals surface area contributed by atoms with Crippen LogP contribution in [-0.2, 0) is 10.0 Å². The number of halogens is 2. The van der Waals surface area contributed by atoms with Gasteiger partial charge in [-0.3, -0.25) is 4.72 Å². The van der Waals surface area contributed by atoms with E-state index in [1.807, 2.05) is 0 Å². The zero-order chi connectivity index (χ0) is 18.7. The summed E-state index contributed by atoms with van der Waals surface area (Å²) in [5.74, 6) is -0.712. The quantitative estimate of drug-likeness (QED) is 0.664. The van der Waals surface area contributed by atoms with Crippen LogP contribution >= 0.6 is 22.9 Å². The van der Waals surface area contributed by atoms with Gasteiger partial charge in [-0.25, -0.2) is 17.8 Å². The van der Waals surface area contributed by atoms with Gasteiger partial charge in [0.1, 0.15) is 10.7 Å². The van der Waals surface area contributed by atoms with Crippen molar-refractivity contribution in [1.82, 2.24) is 10.0 Å². The van der Waals surface area contributed by atoms with E-state index in [-0.39, 0.29) is 16.1 Å². The molecule has 7 nitrogen and oxygen atoms in total. The number of benzene rings is 1. The summed E-state index contributed by atoms with van der Waals surface area (Å²) in [6.07, 6.45) is 3.26. The maximum Gasteiger partial charge on any atom is 0.266 e. The van der Waals surface area contributed by atoms with Crippen molar-refractivity contribution in [2.24, 2.45) is 5.92 Å². The highest BCUT2D eigenvalue weighted by Crippen LogP contribution is 2.30. The Balaban J connectivity index is 1.73. The van der Waals surface area contributed by atoms with Gasteiger partial charge in [-0.2, -0.15) is 5.06 Å². The minimum atomic E-state index is -4.12. The fourth-order valence-electron chi connectivity index (χ4n) is 2.78. The number of nitrogens with zero attached hydrogens (tertiary/aromatic N) is 2. The smallest absolute Gasteiger partial charge is 0.266 e. The van der Waals surface area contributed by atoms with E-state index in [9.17, 15) is 18.0 Å². The molecule has 1 atom stereocenters. The van der Waals surface area contributed by atoms with E-state index in [0.717, 1.165) is 36.3 Å². The molecule has 2 heterocycles. The van der Waals surface area contributed by atoms with Crippen molar-refractivity contribution in [3.8, 4) is 0 Å². The zero-order valence-electron chi connectivity index (χ0n) is 13.7. The molecule has 1 aliphatic rings. The highest BCUT2D eigenvalue weighted by atomic mass is 35.5. The molecule has 0 aliphatic carbocycles. The standard InChI is InChI=1S/C15H18ClFN4O3S2/c16-11-6-14(26(23,24)20-15-18-3-5-25-15)12(17)7-13(11)19-8-10-2-1-4-21(22)9-10/h3,5-7,10,19,22H,1-2,4,8-9H2,(H,18,20)/t10-/m1/s1. The van der Waals surface area contributed by atoms with E-state index < -0.39 is 20.7 Å². The number of piperidine rings is 1.